The molecular weight excluding hydrogens is 220 g/mol. The Morgan fingerprint density at radius 2 is 1.94 bits per heavy atom. The van der Waals surface area contributed by atoms with Gasteiger partial charge in [-0.3, -0.25) is 4.90 Å². The fourth-order valence-electron chi connectivity index (χ4n) is 3.02. The predicted molar refractivity (Wildman–Crippen MR) is 75.7 cm³/mol. The first-order valence-corrected chi connectivity index (χ1v) is 7.15. The molecule has 0 radical (unpaired) electrons. The summed E-state index contributed by atoms with van der Waals surface area (Å²) in [5.41, 5.74) is 4.99. The highest BCUT2D eigenvalue weighted by atomic mass is 15.2. The van der Waals surface area contributed by atoms with Crippen molar-refractivity contribution < 1.29 is 0 Å². The van der Waals surface area contributed by atoms with E-state index in [1.54, 1.807) is 5.56 Å². The van der Waals surface area contributed by atoms with E-state index in [9.17, 15) is 0 Å². The lowest BCUT2D eigenvalue weighted by atomic mass is 9.99. The highest BCUT2D eigenvalue weighted by molar-refractivity contribution is 5.36. The SMILES string of the molecule is CNC1(CN2Cc3ccc(C(C)C)cc3C2)CC1. The molecule has 98 valence electrons. The van der Waals surface area contributed by atoms with Gasteiger partial charge in [0.25, 0.3) is 0 Å². The largest absolute Gasteiger partial charge is 0.313 e. The number of nitrogens with one attached hydrogen (secondary N) is 1. The number of nitrogens with zero attached hydrogens (tertiary/aromatic N) is 1. The first-order valence-electron chi connectivity index (χ1n) is 7.15. The number of likely N-dealkylation sites (N-methyl/N-ethyl adjacent to an activating group) is 1. The lowest BCUT2D eigenvalue weighted by Crippen LogP contribution is -2.39. The lowest BCUT2D eigenvalue weighted by molar-refractivity contribution is 0.243. The monoisotopic (exact) mass is 244 g/mol. The Morgan fingerprint density at radius 3 is 2.56 bits per heavy atom. The molecule has 1 heterocycles. The molecule has 1 fully saturated rings. The summed E-state index contributed by atoms with van der Waals surface area (Å²) in [6, 6.07) is 7.06. The van der Waals surface area contributed by atoms with Crippen LogP contribution in [-0.2, 0) is 13.1 Å². The van der Waals surface area contributed by atoms with Crippen LogP contribution < -0.4 is 5.32 Å². The summed E-state index contributed by atoms with van der Waals surface area (Å²) in [6.07, 6.45) is 2.68. The van der Waals surface area contributed by atoms with Crippen LogP contribution in [0.3, 0.4) is 0 Å². The number of benzene rings is 1. The molecule has 2 aliphatic rings. The normalized spacial score (nSPS) is 21.3. The molecule has 0 unspecified atom stereocenters. The van der Waals surface area contributed by atoms with Crippen molar-refractivity contribution in [2.75, 3.05) is 13.6 Å². The molecule has 2 nitrogen and oxygen atoms in total. The van der Waals surface area contributed by atoms with Crippen molar-refractivity contribution in [2.45, 2.75) is 51.2 Å². The number of fused-ring (bicyclic) bond motifs is 1. The maximum absolute atomic E-state index is 3.49. The van der Waals surface area contributed by atoms with Crippen LogP contribution in [0.15, 0.2) is 18.2 Å². The Hall–Kier alpha value is -0.860. The van der Waals surface area contributed by atoms with Crippen LogP contribution in [0.1, 0.15) is 49.3 Å². The molecule has 1 aliphatic heterocycles. The molecule has 0 aromatic heterocycles. The maximum Gasteiger partial charge on any atom is 0.0307 e. The van der Waals surface area contributed by atoms with E-state index in [1.165, 1.54) is 30.5 Å². The van der Waals surface area contributed by atoms with Crippen LogP contribution in [-0.4, -0.2) is 24.0 Å². The van der Waals surface area contributed by atoms with E-state index in [1.807, 2.05) is 0 Å². The second-order valence-corrected chi connectivity index (χ2v) is 6.36. The number of hydrogen-bond acceptors (Lipinski definition) is 2. The minimum absolute atomic E-state index is 0.433. The summed E-state index contributed by atoms with van der Waals surface area (Å²) in [7, 11) is 2.10. The lowest BCUT2D eigenvalue weighted by Gasteiger charge is -2.22. The second kappa shape index (κ2) is 4.36. The van der Waals surface area contributed by atoms with Crippen LogP contribution >= 0.6 is 0 Å². The van der Waals surface area contributed by atoms with Crippen molar-refractivity contribution in [1.29, 1.82) is 0 Å². The van der Waals surface area contributed by atoms with Gasteiger partial charge in [0.15, 0.2) is 0 Å². The average molecular weight is 244 g/mol. The quantitative estimate of drug-likeness (QED) is 0.876. The third kappa shape index (κ3) is 2.19. The van der Waals surface area contributed by atoms with Gasteiger partial charge in [0.1, 0.15) is 0 Å². The zero-order chi connectivity index (χ0) is 12.8. The van der Waals surface area contributed by atoms with E-state index in [0.29, 0.717) is 11.5 Å². The van der Waals surface area contributed by atoms with Gasteiger partial charge >= 0.3 is 0 Å². The van der Waals surface area contributed by atoms with Gasteiger partial charge < -0.3 is 5.32 Å². The van der Waals surface area contributed by atoms with Gasteiger partial charge in [0.2, 0.25) is 0 Å². The van der Waals surface area contributed by atoms with E-state index in [-0.39, 0.29) is 0 Å². The molecule has 2 heteroatoms. The molecule has 1 aliphatic carbocycles. The molecule has 0 saturated heterocycles. The van der Waals surface area contributed by atoms with Gasteiger partial charge in [-0.05, 0) is 42.5 Å². The first kappa shape index (κ1) is 12.2. The van der Waals surface area contributed by atoms with Crippen LogP contribution in [0.25, 0.3) is 0 Å². The maximum atomic E-state index is 3.49. The van der Waals surface area contributed by atoms with E-state index < -0.39 is 0 Å². The molecule has 1 saturated carbocycles. The van der Waals surface area contributed by atoms with Gasteiger partial charge in [-0.1, -0.05) is 32.0 Å². The molecule has 0 spiro atoms. The third-order valence-corrected chi connectivity index (χ3v) is 4.60. The zero-order valence-electron chi connectivity index (χ0n) is 11.8. The molecule has 1 aromatic carbocycles. The summed E-state index contributed by atoms with van der Waals surface area (Å²) in [6.45, 7) is 8.02. The van der Waals surface area contributed by atoms with E-state index >= 15 is 0 Å². The van der Waals surface area contributed by atoms with Crippen LogP contribution in [0.4, 0.5) is 0 Å². The molecule has 18 heavy (non-hydrogen) atoms. The van der Waals surface area contributed by atoms with Crippen molar-refractivity contribution >= 4 is 0 Å². The van der Waals surface area contributed by atoms with Crippen molar-refractivity contribution in [3.63, 3.8) is 0 Å². The summed E-state index contributed by atoms with van der Waals surface area (Å²) in [5, 5.41) is 3.49. The number of rotatable bonds is 4. The fourth-order valence-corrected chi connectivity index (χ4v) is 3.02. The summed E-state index contributed by atoms with van der Waals surface area (Å²) in [4.78, 5) is 2.60. The van der Waals surface area contributed by atoms with Crippen molar-refractivity contribution in [1.82, 2.24) is 10.2 Å². The Labute approximate surface area is 110 Å². The molecular formula is C16H24N2. The first-order chi connectivity index (χ1) is 8.62. The number of hydrogen-bond donors (Lipinski definition) is 1. The average Bonchev–Trinajstić information content (AvgIpc) is 3.00. The topological polar surface area (TPSA) is 15.3 Å². The minimum atomic E-state index is 0.433. The van der Waals surface area contributed by atoms with Gasteiger partial charge in [-0.25, -0.2) is 0 Å². The molecule has 1 N–H and O–H groups in total. The highest BCUT2D eigenvalue weighted by Gasteiger charge is 2.43. The second-order valence-electron chi connectivity index (χ2n) is 6.36. The smallest absolute Gasteiger partial charge is 0.0307 e. The molecule has 1 aromatic rings. The Kier molecular flexibility index (Phi) is 2.95. The van der Waals surface area contributed by atoms with E-state index in [2.05, 4.69) is 49.3 Å². The summed E-state index contributed by atoms with van der Waals surface area (Å²) < 4.78 is 0. The standard InChI is InChI=1S/C16H24N2/c1-12(2)13-4-5-14-9-18(10-15(14)8-13)11-16(17-3)6-7-16/h4-5,8,12,17H,6-7,9-11H2,1-3H3. The molecule has 0 amide bonds. The molecule has 3 rings (SSSR count). The van der Waals surface area contributed by atoms with Gasteiger partial charge in [-0.15, -0.1) is 0 Å². The van der Waals surface area contributed by atoms with Gasteiger partial charge in [0, 0.05) is 25.2 Å². The Morgan fingerprint density at radius 1 is 1.22 bits per heavy atom. The zero-order valence-corrected chi connectivity index (χ0v) is 11.8. The minimum Gasteiger partial charge on any atom is -0.313 e. The van der Waals surface area contributed by atoms with Crippen molar-refractivity contribution in [2.24, 2.45) is 0 Å². The summed E-state index contributed by atoms with van der Waals surface area (Å²) in [5.74, 6) is 0.636. The van der Waals surface area contributed by atoms with Gasteiger partial charge in [0.05, 0.1) is 0 Å². The highest BCUT2D eigenvalue weighted by Crippen LogP contribution is 2.38. The van der Waals surface area contributed by atoms with Crippen molar-refractivity contribution in [3.8, 4) is 0 Å². The van der Waals surface area contributed by atoms with Gasteiger partial charge in [-0.2, -0.15) is 0 Å². The molecule has 0 bridgehead atoms. The van der Waals surface area contributed by atoms with Crippen LogP contribution in [0.2, 0.25) is 0 Å². The summed E-state index contributed by atoms with van der Waals surface area (Å²) >= 11 is 0. The van der Waals surface area contributed by atoms with Crippen LogP contribution in [0, 0.1) is 0 Å². The van der Waals surface area contributed by atoms with Crippen LogP contribution in [0.5, 0.6) is 0 Å². The third-order valence-electron chi connectivity index (χ3n) is 4.60. The predicted octanol–water partition coefficient (Wildman–Crippen LogP) is 2.88. The Balaban J connectivity index is 1.71. The molecule has 0 atom stereocenters. The fraction of sp³-hybridized carbons (Fsp3) is 0.625. The van der Waals surface area contributed by atoms with E-state index in [4.69, 9.17) is 0 Å². The van der Waals surface area contributed by atoms with Crippen molar-refractivity contribution in [3.05, 3.63) is 34.9 Å². The Bertz CT molecular complexity index is 446. The van der Waals surface area contributed by atoms with E-state index in [0.717, 1.165) is 13.1 Å².